The molecule has 0 aliphatic carbocycles. The molecule has 0 spiro atoms. The smallest absolute Gasteiger partial charge is 0.231 e. The summed E-state index contributed by atoms with van der Waals surface area (Å²) >= 11 is 0. The van der Waals surface area contributed by atoms with Gasteiger partial charge in [-0.05, 0) is 49.7 Å². The fourth-order valence-corrected chi connectivity index (χ4v) is 3.88. The molecule has 0 radical (unpaired) electrons. The molecule has 1 N–H and O–H groups in total. The number of nitrogens with one attached hydrogen (secondary N) is 1. The Balaban J connectivity index is 1.41. The van der Waals surface area contributed by atoms with Gasteiger partial charge in [0, 0.05) is 23.9 Å². The van der Waals surface area contributed by atoms with Gasteiger partial charge in [-0.3, -0.25) is 15.0 Å². The predicted molar refractivity (Wildman–Crippen MR) is 96.8 cm³/mol. The molecule has 3 aromatic rings. The first kappa shape index (κ1) is 15.4. The Labute approximate surface area is 151 Å². The molecule has 4 heterocycles. The lowest BCUT2D eigenvalue weighted by Gasteiger charge is -2.24. The molecule has 5 rings (SSSR count). The number of nitrogens with zero attached hydrogens (tertiary/aromatic N) is 3. The van der Waals surface area contributed by atoms with Gasteiger partial charge in [-0.1, -0.05) is 6.07 Å². The van der Waals surface area contributed by atoms with Crippen LogP contribution in [0.5, 0.6) is 11.5 Å². The average Bonchev–Trinajstić information content (AvgIpc) is 3.43. The van der Waals surface area contributed by atoms with Crippen LogP contribution in [0.2, 0.25) is 0 Å². The molecule has 1 unspecified atom stereocenters. The minimum atomic E-state index is 0.286. The summed E-state index contributed by atoms with van der Waals surface area (Å²) in [6.45, 7) is 2.21. The van der Waals surface area contributed by atoms with E-state index in [9.17, 15) is 0 Å². The highest BCUT2D eigenvalue weighted by Crippen LogP contribution is 2.37. The number of hydrogen-bond acceptors (Lipinski definition) is 5. The number of fused-ring (bicyclic) bond motifs is 1. The molecule has 0 saturated carbocycles. The zero-order valence-corrected chi connectivity index (χ0v) is 14.4. The molecule has 0 bridgehead atoms. The summed E-state index contributed by atoms with van der Waals surface area (Å²) in [5.41, 5.74) is 4.44. The number of aromatic amines is 1. The summed E-state index contributed by atoms with van der Waals surface area (Å²) in [5.74, 6) is 1.58. The number of likely N-dealkylation sites (tertiary alicyclic amines) is 1. The number of hydrogen-bond donors (Lipinski definition) is 1. The van der Waals surface area contributed by atoms with E-state index in [0.29, 0.717) is 6.04 Å². The van der Waals surface area contributed by atoms with Crippen molar-refractivity contribution < 1.29 is 9.47 Å². The summed E-state index contributed by atoms with van der Waals surface area (Å²) < 4.78 is 10.9. The maximum Gasteiger partial charge on any atom is 0.231 e. The molecule has 2 aliphatic heterocycles. The van der Waals surface area contributed by atoms with Gasteiger partial charge in [0.25, 0.3) is 0 Å². The highest BCUT2D eigenvalue weighted by Gasteiger charge is 2.28. The lowest BCUT2D eigenvalue weighted by Crippen LogP contribution is -2.23. The van der Waals surface area contributed by atoms with Crippen LogP contribution in [0.4, 0.5) is 0 Å². The van der Waals surface area contributed by atoms with Crippen LogP contribution in [0.25, 0.3) is 11.3 Å². The number of benzene rings is 1. The van der Waals surface area contributed by atoms with Crippen LogP contribution in [-0.4, -0.2) is 33.4 Å². The second kappa shape index (κ2) is 6.46. The Kier molecular flexibility index (Phi) is 3.83. The SMILES string of the molecule is c1ccc(C2CCCN2Cc2cn[nH]c2-c2ccc3c(c2)OCO3)nc1. The van der Waals surface area contributed by atoms with Crippen molar-refractivity contribution in [3.8, 4) is 22.8 Å². The predicted octanol–water partition coefficient (Wildman–Crippen LogP) is 3.54. The fraction of sp³-hybridized carbons (Fsp3) is 0.300. The number of rotatable bonds is 4. The van der Waals surface area contributed by atoms with Crippen LogP contribution in [0.15, 0.2) is 48.8 Å². The summed E-state index contributed by atoms with van der Waals surface area (Å²) in [5, 5.41) is 7.45. The molecule has 2 aliphatic rings. The maximum absolute atomic E-state index is 5.51. The van der Waals surface area contributed by atoms with Gasteiger partial charge in [0.05, 0.1) is 23.6 Å². The van der Waals surface area contributed by atoms with Gasteiger partial charge in [-0.25, -0.2) is 0 Å². The van der Waals surface area contributed by atoms with Gasteiger partial charge in [-0.2, -0.15) is 5.10 Å². The van der Waals surface area contributed by atoms with Gasteiger partial charge in [0.1, 0.15) is 0 Å². The summed E-state index contributed by atoms with van der Waals surface area (Å²) in [6.07, 6.45) is 6.14. The van der Waals surface area contributed by atoms with E-state index in [2.05, 4.69) is 32.2 Å². The summed E-state index contributed by atoms with van der Waals surface area (Å²) in [4.78, 5) is 7.05. The Morgan fingerprint density at radius 3 is 3.04 bits per heavy atom. The van der Waals surface area contributed by atoms with E-state index >= 15 is 0 Å². The Morgan fingerprint density at radius 1 is 1.15 bits per heavy atom. The standard InChI is InChI=1S/C20H20N4O2/c1-2-8-21-16(4-1)17-5-3-9-24(17)12-15-11-22-23-20(15)14-6-7-18-19(10-14)26-13-25-18/h1-2,4,6-8,10-11,17H,3,5,9,12-13H2,(H,22,23). The lowest BCUT2D eigenvalue weighted by atomic mass is 10.1. The van der Waals surface area contributed by atoms with Crippen LogP contribution in [0, 0.1) is 0 Å². The molecular formula is C20H20N4O2. The van der Waals surface area contributed by atoms with Crippen molar-refractivity contribution in [1.82, 2.24) is 20.1 Å². The average molecular weight is 348 g/mol. The van der Waals surface area contributed by atoms with Gasteiger partial charge < -0.3 is 9.47 Å². The van der Waals surface area contributed by atoms with Crippen molar-refractivity contribution in [2.75, 3.05) is 13.3 Å². The van der Waals surface area contributed by atoms with Gasteiger partial charge >= 0.3 is 0 Å². The van der Waals surface area contributed by atoms with Gasteiger partial charge in [0.2, 0.25) is 6.79 Å². The van der Waals surface area contributed by atoms with Crippen LogP contribution in [0.1, 0.15) is 30.1 Å². The third-order valence-electron chi connectivity index (χ3n) is 5.15. The Morgan fingerprint density at radius 2 is 2.12 bits per heavy atom. The zero-order chi connectivity index (χ0) is 17.3. The lowest BCUT2D eigenvalue weighted by molar-refractivity contribution is 0.174. The molecule has 6 nitrogen and oxygen atoms in total. The molecule has 6 heteroatoms. The van der Waals surface area contributed by atoms with E-state index in [1.807, 2.05) is 36.7 Å². The van der Waals surface area contributed by atoms with E-state index in [1.54, 1.807) is 0 Å². The highest BCUT2D eigenvalue weighted by atomic mass is 16.7. The van der Waals surface area contributed by atoms with Crippen LogP contribution >= 0.6 is 0 Å². The first-order chi connectivity index (χ1) is 12.9. The molecule has 1 aromatic carbocycles. The zero-order valence-electron chi connectivity index (χ0n) is 14.4. The van der Waals surface area contributed by atoms with E-state index in [-0.39, 0.29) is 6.79 Å². The molecule has 1 saturated heterocycles. The third kappa shape index (κ3) is 2.72. The van der Waals surface area contributed by atoms with Crippen molar-refractivity contribution in [3.05, 3.63) is 60.0 Å². The fourth-order valence-electron chi connectivity index (χ4n) is 3.88. The van der Waals surface area contributed by atoms with Crippen molar-refractivity contribution in [1.29, 1.82) is 0 Å². The number of pyridine rings is 1. The molecule has 0 amide bonds. The second-order valence-electron chi connectivity index (χ2n) is 6.72. The van der Waals surface area contributed by atoms with E-state index in [0.717, 1.165) is 48.0 Å². The third-order valence-corrected chi connectivity index (χ3v) is 5.15. The molecule has 132 valence electrons. The summed E-state index contributed by atoms with van der Waals surface area (Å²) in [6, 6.07) is 12.5. The van der Waals surface area contributed by atoms with Crippen LogP contribution in [-0.2, 0) is 6.54 Å². The normalized spacial score (nSPS) is 19.2. The van der Waals surface area contributed by atoms with Gasteiger partial charge in [0.15, 0.2) is 11.5 Å². The number of H-pyrrole nitrogens is 1. The highest BCUT2D eigenvalue weighted by molar-refractivity contribution is 5.66. The quantitative estimate of drug-likeness (QED) is 0.781. The maximum atomic E-state index is 5.51. The molecule has 2 aromatic heterocycles. The molecular weight excluding hydrogens is 328 g/mol. The topological polar surface area (TPSA) is 63.3 Å². The minimum absolute atomic E-state index is 0.286. The van der Waals surface area contributed by atoms with Crippen molar-refractivity contribution >= 4 is 0 Å². The second-order valence-corrected chi connectivity index (χ2v) is 6.72. The van der Waals surface area contributed by atoms with E-state index < -0.39 is 0 Å². The van der Waals surface area contributed by atoms with Crippen molar-refractivity contribution in [2.24, 2.45) is 0 Å². The largest absolute Gasteiger partial charge is 0.454 e. The van der Waals surface area contributed by atoms with Crippen molar-refractivity contribution in [3.63, 3.8) is 0 Å². The van der Waals surface area contributed by atoms with Crippen LogP contribution in [0.3, 0.4) is 0 Å². The Hall–Kier alpha value is -2.86. The number of aromatic nitrogens is 3. The number of ether oxygens (including phenoxy) is 2. The summed E-state index contributed by atoms with van der Waals surface area (Å²) in [7, 11) is 0. The first-order valence-corrected chi connectivity index (χ1v) is 8.96. The molecule has 1 fully saturated rings. The van der Waals surface area contributed by atoms with Crippen molar-refractivity contribution in [2.45, 2.75) is 25.4 Å². The van der Waals surface area contributed by atoms with E-state index in [4.69, 9.17) is 9.47 Å². The first-order valence-electron chi connectivity index (χ1n) is 8.96. The van der Waals surface area contributed by atoms with Gasteiger partial charge in [-0.15, -0.1) is 0 Å². The monoisotopic (exact) mass is 348 g/mol. The van der Waals surface area contributed by atoms with E-state index in [1.165, 1.54) is 12.0 Å². The molecule has 1 atom stereocenters. The van der Waals surface area contributed by atoms with Crippen LogP contribution < -0.4 is 9.47 Å². The molecule has 26 heavy (non-hydrogen) atoms. The Bertz CT molecular complexity index is 909. The minimum Gasteiger partial charge on any atom is -0.454 e.